The van der Waals surface area contributed by atoms with Crippen molar-refractivity contribution in [3.63, 3.8) is 0 Å². The molecule has 3 heterocycles. The number of piperidine rings is 1. The molecule has 0 bridgehead atoms. The van der Waals surface area contributed by atoms with E-state index < -0.39 is 0 Å². The number of nitrogens with zero attached hydrogens (tertiary/aromatic N) is 4. The minimum absolute atomic E-state index is 0.0335. The van der Waals surface area contributed by atoms with Gasteiger partial charge < -0.3 is 20.4 Å². The average molecular weight is 480 g/mol. The lowest BCUT2D eigenvalue weighted by molar-refractivity contribution is -0.135. The number of para-hydroxylation sites is 1. The standard InChI is InChI=1S/C26H33N5O2S/c1-29(2)26(33)24-23(27)19-14-15-20(28-25(19)34-24)21-12-7-8-17-31(21)22(32)13-9-16-30(3)18-10-5-4-6-11-18/h4-6,10-11,14-15,21H,7-9,12-13,16-17,27H2,1-3H3/t21-/m0/s1. The number of hydrogen-bond donors (Lipinski definition) is 1. The topological polar surface area (TPSA) is 82.8 Å². The van der Waals surface area contributed by atoms with Crippen molar-refractivity contribution >= 4 is 44.7 Å². The molecule has 34 heavy (non-hydrogen) atoms. The normalized spacial score (nSPS) is 16.0. The summed E-state index contributed by atoms with van der Waals surface area (Å²) in [6.45, 7) is 1.59. The van der Waals surface area contributed by atoms with Crippen LogP contribution in [0.2, 0.25) is 0 Å². The van der Waals surface area contributed by atoms with Gasteiger partial charge in [0.1, 0.15) is 9.71 Å². The summed E-state index contributed by atoms with van der Waals surface area (Å²) in [6.07, 6.45) is 4.31. The first-order valence-electron chi connectivity index (χ1n) is 11.8. The van der Waals surface area contributed by atoms with Gasteiger partial charge in [0.25, 0.3) is 5.91 Å². The zero-order valence-electron chi connectivity index (χ0n) is 20.2. The van der Waals surface area contributed by atoms with Crippen molar-refractivity contribution in [3.8, 4) is 0 Å². The maximum atomic E-state index is 13.2. The maximum absolute atomic E-state index is 13.2. The Morgan fingerprint density at radius 2 is 1.88 bits per heavy atom. The van der Waals surface area contributed by atoms with Crippen molar-refractivity contribution in [2.24, 2.45) is 0 Å². The molecule has 0 unspecified atom stereocenters. The van der Waals surface area contributed by atoms with E-state index in [4.69, 9.17) is 10.7 Å². The molecule has 2 amide bonds. The van der Waals surface area contributed by atoms with Gasteiger partial charge in [-0.05, 0) is 49.9 Å². The van der Waals surface area contributed by atoms with E-state index in [2.05, 4.69) is 24.1 Å². The van der Waals surface area contributed by atoms with Crippen LogP contribution >= 0.6 is 11.3 Å². The summed E-state index contributed by atoms with van der Waals surface area (Å²) in [5, 5.41) is 0.802. The van der Waals surface area contributed by atoms with Gasteiger partial charge in [0.15, 0.2) is 0 Å². The largest absolute Gasteiger partial charge is 0.397 e. The van der Waals surface area contributed by atoms with Gasteiger partial charge in [-0.2, -0.15) is 0 Å². The minimum atomic E-state index is -0.114. The predicted molar refractivity (Wildman–Crippen MR) is 139 cm³/mol. The number of amides is 2. The fraction of sp³-hybridized carbons (Fsp3) is 0.423. The molecule has 0 aliphatic carbocycles. The van der Waals surface area contributed by atoms with Crippen molar-refractivity contribution in [1.82, 2.24) is 14.8 Å². The Balaban J connectivity index is 1.46. The lowest BCUT2D eigenvalue weighted by Crippen LogP contribution is -2.39. The number of fused-ring (bicyclic) bond motifs is 1. The molecule has 3 aromatic rings. The second-order valence-corrected chi connectivity index (χ2v) is 10.1. The monoisotopic (exact) mass is 479 g/mol. The highest BCUT2D eigenvalue weighted by molar-refractivity contribution is 7.21. The zero-order chi connectivity index (χ0) is 24.2. The second kappa shape index (κ2) is 10.4. The van der Waals surface area contributed by atoms with Gasteiger partial charge in [0, 0.05) is 51.7 Å². The van der Waals surface area contributed by atoms with Crippen LogP contribution in [0.15, 0.2) is 42.5 Å². The summed E-state index contributed by atoms with van der Waals surface area (Å²) in [7, 11) is 5.49. The van der Waals surface area contributed by atoms with E-state index in [-0.39, 0.29) is 17.9 Å². The summed E-state index contributed by atoms with van der Waals surface area (Å²) in [6, 6.07) is 14.1. The number of anilines is 2. The summed E-state index contributed by atoms with van der Waals surface area (Å²) < 4.78 is 0. The van der Waals surface area contributed by atoms with E-state index in [0.717, 1.165) is 60.4 Å². The van der Waals surface area contributed by atoms with Crippen molar-refractivity contribution in [3.05, 3.63) is 53.0 Å². The number of nitrogens with two attached hydrogens (primary N) is 1. The number of pyridine rings is 1. The maximum Gasteiger partial charge on any atom is 0.265 e. The third kappa shape index (κ3) is 5.01. The molecule has 7 nitrogen and oxygen atoms in total. The second-order valence-electron chi connectivity index (χ2n) is 9.09. The van der Waals surface area contributed by atoms with Gasteiger partial charge in [0.05, 0.1) is 17.4 Å². The number of carbonyl (C=O) groups excluding carboxylic acids is 2. The Morgan fingerprint density at radius 1 is 1.12 bits per heavy atom. The quantitative estimate of drug-likeness (QED) is 0.538. The molecule has 1 atom stereocenters. The smallest absolute Gasteiger partial charge is 0.265 e. The van der Waals surface area contributed by atoms with Crippen LogP contribution in [0.1, 0.15) is 53.5 Å². The number of thiophene rings is 1. The summed E-state index contributed by atoms with van der Waals surface area (Å²) in [4.78, 5) is 37.5. The Labute approximate surface area is 205 Å². The number of aromatic nitrogens is 1. The van der Waals surface area contributed by atoms with Crippen LogP contribution < -0.4 is 10.6 Å². The van der Waals surface area contributed by atoms with E-state index in [1.54, 1.807) is 14.1 Å². The van der Waals surface area contributed by atoms with Gasteiger partial charge >= 0.3 is 0 Å². The van der Waals surface area contributed by atoms with Crippen molar-refractivity contribution in [2.45, 2.75) is 38.1 Å². The van der Waals surface area contributed by atoms with Crippen molar-refractivity contribution in [1.29, 1.82) is 0 Å². The molecule has 1 aromatic carbocycles. The molecule has 4 rings (SSSR count). The van der Waals surface area contributed by atoms with E-state index >= 15 is 0 Å². The molecule has 1 aliphatic heterocycles. The summed E-state index contributed by atoms with van der Waals surface area (Å²) in [5.41, 5.74) is 8.78. The van der Waals surface area contributed by atoms with Crippen molar-refractivity contribution < 1.29 is 9.59 Å². The molecule has 1 fully saturated rings. The minimum Gasteiger partial charge on any atom is -0.397 e. The van der Waals surface area contributed by atoms with Gasteiger partial charge in [-0.15, -0.1) is 11.3 Å². The molecule has 0 saturated carbocycles. The van der Waals surface area contributed by atoms with E-state index in [1.807, 2.05) is 35.2 Å². The molecule has 1 aliphatic rings. The Bertz CT molecular complexity index is 1160. The number of nitrogen functional groups attached to an aromatic ring is 1. The van der Waals surface area contributed by atoms with E-state index in [1.165, 1.54) is 16.2 Å². The SMILES string of the molecule is CN(C)C(=O)c1sc2nc([C@@H]3CCCCN3C(=O)CCCN(C)c3ccccc3)ccc2c1N. The number of benzene rings is 1. The van der Waals surface area contributed by atoms with Gasteiger partial charge in [-0.1, -0.05) is 18.2 Å². The molecule has 1 saturated heterocycles. The van der Waals surface area contributed by atoms with Crippen LogP contribution in [0.3, 0.4) is 0 Å². The Morgan fingerprint density at radius 3 is 2.62 bits per heavy atom. The fourth-order valence-corrected chi connectivity index (χ4v) is 5.64. The van der Waals surface area contributed by atoms with Crippen LogP contribution in [0.5, 0.6) is 0 Å². The lowest BCUT2D eigenvalue weighted by Gasteiger charge is -2.35. The molecule has 0 spiro atoms. The van der Waals surface area contributed by atoms with Gasteiger partial charge in [-0.3, -0.25) is 9.59 Å². The first kappa shape index (κ1) is 24.0. The first-order chi connectivity index (χ1) is 16.4. The molecule has 2 N–H and O–H groups in total. The van der Waals surface area contributed by atoms with Crippen molar-refractivity contribution in [2.75, 3.05) is 44.9 Å². The van der Waals surface area contributed by atoms with Gasteiger partial charge in [-0.25, -0.2) is 4.98 Å². The van der Waals surface area contributed by atoms with Gasteiger partial charge in [0.2, 0.25) is 5.91 Å². The molecular weight excluding hydrogens is 446 g/mol. The van der Waals surface area contributed by atoms with Crippen LogP contribution in [-0.2, 0) is 4.79 Å². The lowest BCUT2D eigenvalue weighted by atomic mass is 9.98. The highest BCUT2D eigenvalue weighted by atomic mass is 32.1. The predicted octanol–water partition coefficient (Wildman–Crippen LogP) is 4.55. The number of carbonyl (C=O) groups is 2. The highest BCUT2D eigenvalue weighted by Crippen LogP contribution is 2.36. The third-order valence-electron chi connectivity index (χ3n) is 6.46. The number of likely N-dealkylation sites (tertiary alicyclic amines) is 1. The van der Waals surface area contributed by atoms with Crippen LogP contribution in [0, 0.1) is 0 Å². The Hall–Kier alpha value is -3.13. The zero-order valence-corrected chi connectivity index (χ0v) is 21.0. The summed E-state index contributed by atoms with van der Waals surface area (Å²) in [5.74, 6) is 0.0687. The van der Waals surface area contributed by atoms with E-state index in [9.17, 15) is 9.59 Å². The van der Waals surface area contributed by atoms with Crippen LogP contribution in [-0.4, -0.2) is 60.8 Å². The average Bonchev–Trinajstić information content (AvgIpc) is 3.19. The summed E-state index contributed by atoms with van der Waals surface area (Å²) >= 11 is 1.33. The molecule has 0 radical (unpaired) electrons. The number of hydrogen-bond acceptors (Lipinski definition) is 6. The molecule has 180 valence electrons. The number of rotatable bonds is 7. The molecule has 2 aromatic heterocycles. The van der Waals surface area contributed by atoms with E-state index in [0.29, 0.717) is 17.0 Å². The van der Waals surface area contributed by atoms with Crippen LogP contribution in [0.4, 0.5) is 11.4 Å². The fourth-order valence-electron chi connectivity index (χ4n) is 4.52. The molecule has 8 heteroatoms. The Kier molecular flexibility index (Phi) is 7.36. The van der Waals surface area contributed by atoms with Crippen LogP contribution in [0.25, 0.3) is 10.2 Å². The molecular formula is C26H33N5O2S. The first-order valence-corrected chi connectivity index (χ1v) is 12.6. The highest BCUT2D eigenvalue weighted by Gasteiger charge is 2.29. The third-order valence-corrected chi connectivity index (χ3v) is 7.56.